The van der Waals surface area contributed by atoms with Crippen molar-refractivity contribution in [1.29, 1.82) is 0 Å². The van der Waals surface area contributed by atoms with Gasteiger partial charge in [0.15, 0.2) is 0 Å². The molecule has 5 nitrogen and oxygen atoms in total. The van der Waals surface area contributed by atoms with Crippen LogP contribution in [0, 0.1) is 6.92 Å². The highest BCUT2D eigenvalue weighted by atomic mass is 79.9. The molecule has 0 bridgehead atoms. The van der Waals surface area contributed by atoms with Gasteiger partial charge in [-0.15, -0.1) is 0 Å². The first-order valence-electron chi connectivity index (χ1n) is 8.95. The number of aryl methyl sites for hydroxylation is 1. The molecule has 0 aromatic heterocycles. The maximum Gasteiger partial charge on any atom is 0.343 e. The molecule has 0 heterocycles. The van der Waals surface area contributed by atoms with Gasteiger partial charge in [0.1, 0.15) is 5.75 Å². The Kier molecular flexibility index (Phi) is 6.92. The van der Waals surface area contributed by atoms with Crippen LogP contribution in [0.3, 0.4) is 0 Å². The summed E-state index contributed by atoms with van der Waals surface area (Å²) >= 11 is 3.36. The van der Waals surface area contributed by atoms with Gasteiger partial charge in [-0.25, -0.2) is 10.2 Å². The van der Waals surface area contributed by atoms with Gasteiger partial charge in [-0.2, -0.15) is 5.10 Å². The van der Waals surface area contributed by atoms with Gasteiger partial charge in [0, 0.05) is 4.47 Å². The molecule has 6 heteroatoms. The van der Waals surface area contributed by atoms with E-state index in [-0.39, 0.29) is 12.3 Å². The van der Waals surface area contributed by atoms with E-state index < -0.39 is 5.97 Å². The standard InChI is InChI=1S/C23H19BrN2O3/c1-16-2-8-19(9-3-16)23(28)29-21-12-6-18(7-13-21)15-25-26-22(27)14-17-4-10-20(24)11-5-17/h2-13,15H,14H2,1H3,(H,26,27)/b25-15-. The van der Waals surface area contributed by atoms with Gasteiger partial charge in [0.25, 0.3) is 0 Å². The van der Waals surface area contributed by atoms with Crippen LogP contribution in [-0.2, 0) is 11.2 Å². The molecule has 0 aliphatic carbocycles. The molecule has 0 radical (unpaired) electrons. The van der Waals surface area contributed by atoms with Gasteiger partial charge in [-0.3, -0.25) is 4.79 Å². The zero-order valence-corrected chi connectivity index (χ0v) is 17.3. The molecule has 0 unspecified atom stereocenters. The van der Waals surface area contributed by atoms with E-state index in [0.29, 0.717) is 11.3 Å². The molecule has 0 spiro atoms. The van der Waals surface area contributed by atoms with Crippen LogP contribution in [0.5, 0.6) is 5.75 Å². The highest BCUT2D eigenvalue weighted by Gasteiger charge is 2.08. The molecule has 0 aliphatic rings. The second kappa shape index (κ2) is 9.80. The summed E-state index contributed by atoms with van der Waals surface area (Å²) < 4.78 is 6.32. The Labute approximate surface area is 177 Å². The largest absolute Gasteiger partial charge is 0.423 e. The summed E-state index contributed by atoms with van der Waals surface area (Å²) in [7, 11) is 0. The summed E-state index contributed by atoms with van der Waals surface area (Å²) in [6, 6.07) is 21.6. The lowest BCUT2D eigenvalue weighted by molar-refractivity contribution is -0.120. The van der Waals surface area contributed by atoms with Gasteiger partial charge in [0.05, 0.1) is 18.2 Å². The van der Waals surface area contributed by atoms with Crippen LogP contribution in [0.15, 0.2) is 82.4 Å². The summed E-state index contributed by atoms with van der Waals surface area (Å²) in [5.74, 6) is -0.175. The summed E-state index contributed by atoms with van der Waals surface area (Å²) in [4.78, 5) is 24.1. The topological polar surface area (TPSA) is 67.8 Å². The van der Waals surface area contributed by atoms with Crippen molar-refractivity contribution < 1.29 is 14.3 Å². The average molecular weight is 451 g/mol. The van der Waals surface area contributed by atoms with Gasteiger partial charge in [0.2, 0.25) is 5.91 Å². The van der Waals surface area contributed by atoms with E-state index in [0.717, 1.165) is 21.2 Å². The predicted octanol–water partition coefficient (Wildman–Crippen LogP) is 4.67. The van der Waals surface area contributed by atoms with E-state index in [1.165, 1.54) is 6.21 Å². The van der Waals surface area contributed by atoms with E-state index >= 15 is 0 Å². The second-order valence-electron chi connectivity index (χ2n) is 6.42. The molecule has 0 fully saturated rings. The minimum Gasteiger partial charge on any atom is -0.423 e. The van der Waals surface area contributed by atoms with Crippen molar-refractivity contribution in [1.82, 2.24) is 5.43 Å². The Morgan fingerprint density at radius 1 is 0.966 bits per heavy atom. The molecule has 3 aromatic rings. The van der Waals surface area contributed by atoms with Crippen molar-refractivity contribution in [2.24, 2.45) is 5.10 Å². The van der Waals surface area contributed by atoms with Crippen molar-refractivity contribution in [2.75, 3.05) is 0 Å². The van der Waals surface area contributed by atoms with Crippen LogP contribution < -0.4 is 10.2 Å². The van der Waals surface area contributed by atoms with E-state index in [2.05, 4.69) is 26.5 Å². The Balaban J connectivity index is 1.50. The monoisotopic (exact) mass is 450 g/mol. The number of hydrogen-bond acceptors (Lipinski definition) is 4. The Morgan fingerprint density at radius 2 is 1.62 bits per heavy atom. The van der Waals surface area contributed by atoms with E-state index in [1.807, 2.05) is 43.3 Å². The van der Waals surface area contributed by atoms with Crippen LogP contribution in [0.2, 0.25) is 0 Å². The van der Waals surface area contributed by atoms with E-state index in [4.69, 9.17) is 4.74 Å². The van der Waals surface area contributed by atoms with Gasteiger partial charge >= 0.3 is 5.97 Å². The van der Waals surface area contributed by atoms with E-state index in [9.17, 15) is 9.59 Å². The lowest BCUT2D eigenvalue weighted by atomic mass is 10.1. The predicted molar refractivity (Wildman–Crippen MR) is 116 cm³/mol. The van der Waals surface area contributed by atoms with Crippen molar-refractivity contribution in [3.63, 3.8) is 0 Å². The maximum absolute atomic E-state index is 12.1. The van der Waals surface area contributed by atoms with Crippen molar-refractivity contribution >= 4 is 34.0 Å². The third kappa shape index (κ3) is 6.40. The lowest BCUT2D eigenvalue weighted by Gasteiger charge is -2.05. The Morgan fingerprint density at radius 3 is 2.28 bits per heavy atom. The molecular formula is C23H19BrN2O3. The summed E-state index contributed by atoms with van der Waals surface area (Å²) in [6.45, 7) is 1.96. The van der Waals surface area contributed by atoms with Gasteiger partial charge in [-0.05, 0) is 66.6 Å². The van der Waals surface area contributed by atoms with Crippen LogP contribution >= 0.6 is 15.9 Å². The smallest absolute Gasteiger partial charge is 0.343 e. The number of nitrogens with one attached hydrogen (secondary N) is 1. The zero-order chi connectivity index (χ0) is 20.6. The van der Waals surface area contributed by atoms with Crippen molar-refractivity contribution in [3.05, 3.63) is 99.5 Å². The minimum atomic E-state index is -0.411. The fraction of sp³-hybridized carbons (Fsp3) is 0.0870. The van der Waals surface area contributed by atoms with Crippen LogP contribution in [0.1, 0.15) is 27.0 Å². The Hall–Kier alpha value is -3.25. The van der Waals surface area contributed by atoms with Crippen molar-refractivity contribution in [3.8, 4) is 5.75 Å². The molecule has 1 N–H and O–H groups in total. The summed E-state index contributed by atoms with van der Waals surface area (Å²) in [6.07, 6.45) is 1.78. The van der Waals surface area contributed by atoms with Crippen LogP contribution in [0.4, 0.5) is 0 Å². The molecule has 3 rings (SSSR count). The number of hydrazone groups is 1. The van der Waals surface area contributed by atoms with Crippen LogP contribution in [0.25, 0.3) is 0 Å². The number of carbonyl (C=O) groups is 2. The minimum absolute atomic E-state index is 0.202. The third-order valence-electron chi connectivity index (χ3n) is 4.06. The first-order valence-corrected chi connectivity index (χ1v) is 9.74. The number of ether oxygens (including phenoxy) is 1. The van der Waals surface area contributed by atoms with Crippen molar-refractivity contribution in [2.45, 2.75) is 13.3 Å². The number of amides is 1. The number of hydrogen-bond donors (Lipinski definition) is 1. The molecule has 0 saturated carbocycles. The fourth-order valence-corrected chi connectivity index (χ4v) is 2.75. The number of benzene rings is 3. The molecule has 29 heavy (non-hydrogen) atoms. The van der Waals surface area contributed by atoms with Crippen LogP contribution in [-0.4, -0.2) is 18.1 Å². The lowest BCUT2D eigenvalue weighted by Crippen LogP contribution is -2.19. The molecule has 0 saturated heterocycles. The maximum atomic E-state index is 12.1. The van der Waals surface area contributed by atoms with Gasteiger partial charge in [-0.1, -0.05) is 45.8 Å². The first-order chi connectivity index (χ1) is 14.0. The fourth-order valence-electron chi connectivity index (χ4n) is 2.48. The summed E-state index contributed by atoms with van der Waals surface area (Å²) in [5.41, 5.74) is 5.74. The van der Waals surface area contributed by atoms with E-state index in [1.54, 1.807) is 36.4 Å². The van der Waals surface area contributed by atoms with Gasteiger partial charge < -0.3 is 4.74 Å². The molecule has 3 aromatic carbocycles. The second-order valence-corrected chi connectivity index (χ2v) is 7.34. The molecule has 146 valence electrons. The molecule has 0 aliphatic heterocycles. The number of esters is 1. The summed E-state index contributed by atoms with van der Waals surface area (Å²) in [5, 5.41) is 3.96. The Bertz CT molecular complexity index is 1010. The SMILES string of the molecule is Cc1ccc(C(=O)Oc2ccc(/C=N\NC(=O)Cc3ccc(Br)cc3)cc2)cc1. The number of rotatable bonds is 6. The number of nitrogens with zero attached hydrogens (tertiary/aromatic N) is 1. The highest BCUT2D eigenvalue weighted by molar-refractivity contribution is 9.10. The highest BCUT2D eigenvalue weighted by Crippen LogP contribution is 2.14. The zero-order valence-electron chi connectivity index (χ0n) is 15.8. The molecular weight excluding hydrogens is 432 g/mol. The molecule has 0 atom stereocenters. The number of halogens is 1. The molecule has 1 amide bonds. The normalized spacial score (nSPS) is 10.7. The quantitative estimate of drug-likeness (QED) is 0.256. The first kappa shape index (κ1) is 20.5. The third-order valence-corrected chi connectivity index (χ3v) is 4.59. The average Bonchev–Trinajstić information content (AvgIpc) is 2.71. The number of carbonyl (C=O) groups excluding carboxylic acids is 2.